The van der Waals surface area contributed by atoms with E-state index in [1.54, 1.807) is 12.4 Å². The molecular formula is C14H15IN2O. The zero-order valence-electron chi connectivity index (χ0n) is 10.2. The van der Waals surface area contributed by atoms with Crippen LogP contribution in [0.5, 0.6) is 11.5 Å². The average Bonchev–Trinajstić information content (AvgIpc) is 2.37. The lowest BCUT2D eigenvalue weighted by Crippen LogP contribution is -2.00. The minimum absolute atomic E-state index is 0.748. The highest BCUT2D eigenvalue weighted by Crippen LogP contribution is 2.24. The molecule has 0 saturated heterocycles. The molecule has 1 heterocycles. The Hall–Kier alpha value is -1.30. The predicted molar refractivity (Wildman–Crippen MR) is 82.3 cm³/mol. The van der Waals surface area contributed by atoms with Gasteiger partial charge in [-0.3, -0.25) is 4.98 Å². The van der Waals surface area contributed by atoms with E-state index in [2.05, 4.69) is 39.8 Å². The number of rotatable bonds is 5. The fourth-order valence-electron chi connectivity index (χ4n) is 1.51. The van der Waals surface area contributed by atoms with Gasteiger partial charge in [-0.25, -0.2) is 0 Å². The summed E-state index contributed by atoms with van der Waals surface area (Å²) in [7, 11) is 0. The smallest absolute Gasteiger partial charge is 0.147 e. The lowest BCUT2D eigenvalue weighted by molar-refractivity contribution is 0.480. The van der Waals surface area contributed by atoms with E-state index in [9.17, 15) is 0 Å². The number of hydrogen-bond acceptors (Lipinski definition) is 3. The van der Waals surface area contributed by atoms with Crippen molar-refractivity contribution in [1.29, 1.82) is 0 Å². The second-order valence-corrected chi connectivity index (χ2v) is 5.14. The zero-order chi connectivity index (χ0) is 12.8. The number of pyridine rings is 1. The highest BCUT2D eigenvalue weighted by atomic mass is 127. The van der Waals surface area contributed by atoms with E-state index in [-0.39, 0.29) is 0 Å². The van der Waals surface area contributed by atoms with E-state index in [0.29, 0.717) is 0 Å². The van der Waals surface area contributed by atoms with Crippen molar-refractivity contribution in [2.75, 3.05) is 11.9 Å². The van der Waals surface area contributed by atoms with Gasteiger partial charge in [0.15, 0.2) is 0 Å². The number of nitrogens with zero attached hydrogens (tertiary/aromatic N) is 1. The third-order valence-electron chi connectivity index (χ3n) is 2.32. The topological polar surface area (TPSA) is 34.2 Å². The highest BCUT2D eigenvalue weighted by Gasteiger charge is 2.00. The van der Waals surface area contributed by atoms with Gasteiger partial charge in [0, 0.05) is 16.2 Å². The van der Waals surface area contributed by atoms with Crippen LogP contribution in [0.15, 0.2) is 42.7 Å². The third kappa shape index (κ3) is 3.87. The molecule has 1 aromatic carbocycles. The number of benzene rings is 1. The summed E-state index contributed by atoms with van der Waals surface area (Å²) in [5.74, 6) is 1.58. The molecule has 18 heavy (non-hydrogen) atoms. The normalized spacial score (nSPS) is 10.1. The number of anilines is 1. The molecule has 0 bridgehead atoms. The standard InChI is InChI=1S/C14H15IN2O/c1-2-6-17-12-8-14(10-16-9-12)18-13-5-3-4-11(15)7-13/h3-5,7-10,17H,2,6H2,1H3. The first-order chi connectivity index (χ1) is 8.78. The van der Waals surface area contributed by atoms with Crippen LogP contribution in [-0.2, 0) is 0 Å². The third-order valence-corrected chi connectivity index (χ3v) is 3.00. The molecular weight excluding hydrogens is 339 g/mol. The minimum Gasteiger partial charge on any atom is -0.456 e. The van der Waals surface area contributed by atoms with Gasteiger partial charge in [-0.2, -0.15) is 0 Å². The number of aromatic nitrogens is 1. The molecule has 0 aliphatic rings. The van der Waals surface area contributed by atoms with E-state index in [1.807, 2.05) is 30.3 Å². The van der Waals surface area contributed by atoms with Crippen LogP contribution in [-0.4, -0.2) is 11.5 Å². The van der Waals surface area contributed by atoms with E-state index < -0.39 is 0 Å². The lowest BCUT2D eigenvalue weighted by Gasteiger charge is -2.08. The van der Waals surface area contributed by atoms with Crippen molar-refractivity contribution in [3.63, 3.8) is 0 Å². The highest BCUT2D eigenvalue weighted by molar-refractivity contribution is 14.1. The molecule has 0 unspecified atom stereocenters. The van der Waals surface area contributed by atoms with Gasteiger partial charge in [0.2, 0.25) is 0 Å². The minimum atomic E-state index is 0.748. The molecule has 2 rings (SSSR count). The number of hydrogen-bond donors (Lipinski definition) is 1. The van der Waals surface area contributed by atoms with Crippen LogP contribution in [0.4, 0.5) is 5.69 Å². The maximum Gasteiger partial charge on any atom is 0.147 e. The van der Waals surface area contributed by atoms with Crippen molar-refractivity contribution in [2.24, 2.45) is 0 Å². The average molecular weight is 354 g/mol. The summed E-state index contributed by atoms with van der Waals surface area (Å²) < 4.78 is 6.92. The van der Waals surface area contributed by atoms with E-state index >= 15 is 0 Å². The van der Waals surface area contributed by atoms with Crippen molar-refractivity contribution in [1.82, 2.24) is 4.98 Å². The Labute approximate surface area is 121 Å². The Balaban J connectivity index is 2.09. The van der Waals surface area contributed by atoms with Crippen LogP contribution >= 0.6 is 22.6 Å². The van der Waals surface area contributed by atoms with Gasteiger partial charge >= 0.3 is 0 Å². The molecule has 0 radical (unpaired) electrons. The first-order valence-electron chi connectivity index (χ1n) is 5.90. The van der Waals surface area contributed by atoms with Crippen molar-refractivity contribution >= 4 is 28.3 Å². The lowest BCUT2D eigenvalue weighted by atomic mass is 10.3. The van der Waals surface area contributed by atoms with Gasteiger partial charge in [0.1, 0.15) is 11.5 Å². The van der Waals surface area contributed by atoms with Crippen LogP contribution in [0.3, 0.4) is 0 Å². The van der Waals surface area contributed by atoms with Gasteiger partial charge < -0.3 is 10.1 Å². The van der Waals surface area contributed by atoms with Gasteiger partial charge in [-0.05, 0) is 47.2 Å². The summed E-state index contributed by atoms with van der Waals surface area (Å²) in [6.45, 7) is 3.07. The molecule has 94 valence electrons. The molecule has 0 aliphatic carbocycles. The van der Waals surface area contributed by atoms with E-state index in [4.69, 9.17) is 4.74 Å². The summed E-state index contributed by atoms with van der Waals surface area (Å²) in [5, 5.41) is 3.29. The first-order valence-corrected chi connectivity index (χ1v) is 6.98. The molecule has 0 spiro atoms. The Bertz CT molecular complexity index is 517. The van der Waals surface area contributed by atoms with Gasteiger partial charge in [0.05, 0.1) is 18.1 Å². The second kappa shape index (κ2) is 6.58. The quantitative estimate of drug-likeness (QED) is 0.813. The first kappa shape index (κ1) is 13.1. The fourth-order valence-corrected chi connectivity index (χ4v) is 2.02. The Morgan fingerprint density at radius 3 is 2.89 bits per heavy atom. The van der Waals surface area contributed by atoms with Crippen LogP contribution in [0.25, 0.3) is 0 Å². The fraction of sp³-hybridized carbons (Fsp3) is 0.214. The van der Waals surface area contributed by atoms with Crippen molar-refractivity contribution in [3.05, 3.63) is 46.3 Å². The molecule has 0 atom stereocenters. The Morgan fingerprint density at radius 2 is 2.11 bits per heavy atom. The maximum absolute atomic E-state index is 5.77. The molecule has 3 nitrogen and oxygen atoms in total. The van der Waals surface area contributed by atoms with Gasteiger partial charge in [-0.1, -0.05) is 13.0 Å². The molecule has 1 aromatic heterocycles. The molecule has 0 aliphatic heterocycles. The summed E-state index contributed by atoms with van der Waals surface area (Å²) in [4.78, 5) is 4.17. The molecule has 0 amide bonds. The molecule has 4 heteroatoms. The largest absolute Gasteiger partial charge is 0.456 e. The second-order valence-electron chi connectivity index (χ2n) is 3.90. The van der Waals surface area contributed by atoms with Gasteiger partial charge in [0.25, 0.3) is 0 Å². The predicted octanol–water partition coefficient (Wildman–Crippen LogP) is 4.30. The molecule has 0 saturated carbocycles. The number of halogens is 1. The maximum atomic E-state index is 5.77. The van der Waals surface area contributed by atoms with E-state index in [1.165, 1.54) is 0 Å². The Morgan fingerprint density at radius 1 is 1.22 bits per heavy atom. The van der Waals surface area contributed by atoms with Gasteiger partial charge in [-0.15, -0.1) is 0 Å². The Kier molecular flexibility index (Phi) is 4.81. The molecule has 2 aromatic rings. The number of ether oxygens (including phenoxy) is 1. The van der Waals surface area contributed by atoms with Crippen molar-refractivity contribution in [2.45, 2.75) is 13.3 Å². The zero-order valence-corrected chi connectivity index (χ0v) is 12.3. The molecule has 0 fully saturated rings. The van der Waals surface area contributed by atoms with Crippen LogP contribution in [0.1, 0.15) is 13.3 Å². The SMILES string of the molecule is CCCNc1cncc(Oc2cccc(I)c2)c1. The number of nitrogens with one attached hydrogen (secondary N) is 1. The summed E-state index contributed by atoms with van der Waals surface area (Å²) in [5.41, 5.74) is 0.986. The van der Waals surface area contributed by atoms with Crippen LogP contribution < -0.4 is 10.1 Å². The molecule has 1 N–H and O–H groups in total. The van der Waals surface area contributed by atoms with Crippen molar-refractivity contribution in [3.8, 4) is 11.5 Å². The van der Waals surface area contributed by atoms with Crippen molar-refractivity contribution < 1.29 is 4.74 Å². The summed E-state index contributed by atoms with van der Waals surface area (Å²) in [6, 6.07) is 9.90. The summed E-state index contributed by atoms with van der Waals surface area (Å²) >= 11 is 2.27. The van der Waals surface area contributed by atoms with Crippen LogP contribution in [0.2, 0.25) is 0 Å². The van der Waals surface area contributed by atoms with Crippen LogP contribution in [0, 0.1) is 3.57 Å². The monoisotopic (exact) mass is 354 g/mol. The van der Waals surface area contributed by atoms with E-state index in [0.717, 1.165) is 33.7 Å². The summed E-state index contributed by atoms with van der Waals surface area (Å²) in [6.07, 6.45) is 4.61.